The number of hydrogen-bond donors (Lipinski definition) is 1. The molecule has 0 bridgehead atoms. The van der Waals surface area contributed by atoms with Crippen molar-refractivity contribution >= 4 is 28.3 Å². The number of carbonyl (C=O) groups is 1. The third kappa shape index (κ3) is 4.16. The van der Waals surface area contributed by atoms with E-state index in [1.807, 2.05) is 17.0 Å². The Hall–Kier alpha value is -1.15. The highest BCUT2D eigenvalue weighted by molar-refractivity contribution is 7.89. The van der Waals surface area contributed by atoms with Crippen LogP contribution in [0.3, 0.4) is 0 Å². The molecule has 150 valence electrons. The lowest BCUT2D eigenvalue weighted by atomic mass is 9.96. The predicted octanol–water partition coefficient (Wildman–Crippen LogP) is 1.43. The lowest BCUT2D eigenvalue weighted by Crippen LogP contribution is -2.50. The van der Waals surface area contributed by atoms with Crippen molar-refractivity contribution in [3.8, 4) is 0 Å². The molecule has 2 aliphatic heterocycles. The molecule has 0 atom stereocenters. The summed E-state index contributed by atoms with van der Waals surface area (Å²) in [5, 5.41) is 3.25. The monoisotopic (exact) mass is 413 g/mol. The summed E-state index contributed by atoms with van der Waals surface area (Å²) in [4.78, 5) is 15.0. The molecule has 1 amide bonds. The summed E-state index contributed by atoms with van der Waals surface area (Å²) in [5.74, 6) is 0.153. The van der Waals surface area contributed by atoms with Crippen molar-refractivity contribution in [2.45, 2.75) is 37.0 Å². The molecule has 0 spiro atoms. The van der Waals surface area contributed by atoms with E-state index in [-0.39, 0.29) is 24.2 Å². The number of nitrogens with zero attached hydrogens (tertiary/aromatic N) is 2. The van der Waals surface area contributed by atoms with Crippen molar-refractivity contribution in [3.63, 3.8) is 0 Å². The van der Waals surface area contributed by atoms with E-state index in [4.69, 9.17) is 0 Å². The number of piperazine rings is 1. The molecular weight excluding hydrogens is 386 g/mol. The van der Waals surface area contributed by atoms with Crippen LogP contribution in [-0.4, -0.2) is 62.8 Å². The van der Waals surface area contributed by atoms with Crippen molar-refractivity contribution in [2.24, 2.45) is 5.92 Å². The zero-order valence-electron chi connectivity index (χ0n) is 15.5. The molecule has 1 N–H and O–H groups in total. The van der Waals surface area contributed by atoms with Gasteiger partial charge in [-0.15, -0.1) is 12.4 Å². The van der Waals surface area contributed by atoms with Crippen LogP contribution in [0.15, 0.2) is 23.1 Å². The van der Waals surface area contributed by atoms with Gasteiger partial charge in [0.05, 0.1) is 4.90 Å². The minimum absolute atomic E-state index is 0. The lowest BCUT2D eigenvalue weighted by molar-refractivity contribution is -0.137. The first kappa shape index (κ1) is 20.6. The fraction of sp³-hybridized carbons (Fsp3) is 0.632. The number of carbonyl (C=O) groups excluding carboxylic acids is 1. The predicted molar refractivity (Wildman–Crippen MR) is 107 cm³/mol. The van der Waals surface area contributed by atoms with Gasteiger partial charge >= 0.3 is 0 Å². The van der Waals surface area contributed by atoms with Gasteiger partial charge in [-0.05, 0) is 55.4 Å². The second kappa shape index (κ2) is 8.47. The molecule has 27 heavy (non-hydrogen) atoms. The number of aryl methyl sites for hydroxylation is 2. The molecule has 2 heterocycles. The molecule has 0 aromatic heterocycles. The van der Waals surface area contributed by atoms with Crippen LogP contribution in [0, 0.1) is 5.92 Å². The summed E-state index contributed by atoms with van der Waals surface area (Å²) in [6.07, 6.45) is 4.37. The summed E-state index contributed by atoms with van der Waals surface area (Å²) in [7, 11) is -3.46. The second-order valence-corrected chi connectivity index (χ2v) is 9.48. The van der Waals surface area contributed by atoms with Crippen molar-refractivity contribution in [3.05, 3.63) is 29.3 Å². The van der Waals surface area contributed by atoms with E-state index in [2.05, 4.69) is 5.32 Å². The van der Waals surface area contributed by atoms with E-state index in [1.165, 1.54) is 11.1 Å². The van der Waals surface area contributed by atoms with E-state index in [0.717, 1.165) is 45.4 Å². The fourth-order valence-electron chi connectivity index (χ4n) is 4.34. The van der Waals surface area contributed by atoms with E-state index < -0.39 is 10.0 Å². The van der Waals surface area contributed by atoms with Crippen LogP contribution in [0.2, 0.25) is 0 Å². The number of rotatable bonds is 3. The Morgan fingerprint density at radius 1 is 1.00 bits per heavy atom. The average molecular weight is 414 g/mol. The number of benzene rings is 1. The smallest absolute Gasteiger partial charge is 0.243 e. The molecule has 0 unspecified atom stereocenters. The summed E-state index contributed by atoms with van der Waals surface area (Å²) in [6.45, 7) is 4.07. The minimum Gasteiger partial charge on any atom is -0.340 e. The molecule has 1 aliphatic carbocycles. The highest BCUT2D eigenvalue weighted by Crippen LogP contribution is 2.29. The number of piperidine rings is 1. The molecule has 8 heteroatoms. The lowest BCUT2D eigenvalue weighted by Gasteiger charge is -2.35. The molecule has 0 saturated carbocycles. The van der Waals surface area contributed by atoms with E-state index in [0.29, 0.717) is 30.8 Å². The molecule has 3 aliphatic rings. The van der Waals surface area contributed by atoms with Crippen LogP contribution in [0.5, 0.6) is 0 Å². The van der Waals surface area contributed by atoms with Crippen LogP contribution >= 0.6 is 12.4 Å². The van der Waals surface area contributed by atoms with E-state index in [1.54, 1.807) is 10.4 Å². The molecule has 1 aromatic carbocycles. The Morgan fingerprint density at radius 3 is 2.37 bits per heavy atom. The largest absolute Gasteiger partial charge is 0.340 e. The van der Waals surface area contributed by atoms with Crippen molar-refractivity contribution < 1.29 is 13.2 Å². The summed E-state index contributed by atoms with van der Waals surface area (Å²) in [5.41, 5.74) is 2.46. The van der Waals surface area contributed by atoms with Gasteiger partial charge in [-0.25, -0.2) is 8.42 Å². The first-order valence-electron chi connectivity index (χ1n) is 9.67. The molecule has 2 fully saturated rings. The Kier molecular flexibility index (Phi) is 6.46. The SMILES string of the molecule is Cl.O=C(C1CCN(S(=O)(=O)c2ccc3c(c2)CCC3)CC1)N1CCNCC1. The zero-order chi connectivity index (χ0) is 18.1. The van der Waals surface area contributed by atoms with Crippen LogP contribution < -0.4 is 5.32 Å². The number of hydrogen-bond acceptors (Lipinski definition) is 4. The summed E-state index contributed by atoms with van der Waals surface area (Å²) < 4.78 is 27.5. The van der Waals surface area contributed by atoms with Gasteiger partial charge in [-0.1, -0.05) is 6.07 Å². The maximum atomic E-state index is 13.0. The molecule has 6 nitrogen and oxygen atoms in total. The third-order valence-corrected chi connectivity index (χ3v) is 7.83. The Bertz CT molecular complexity index is 785. The van der Waals surface area contributed by atoms with Crippen LogP contribution in [0.1, 0.15) is 30.4 Å². The number of amides is 1. The first-order chi connectivity index (χ1) is 12.6. The van der Waals surface area contributed by atoms with Gasteiger partial charge in [0.2, 0.25) is 15.9 Å². The quantitative estimate of drug-likeness (QED) is 0.813. The first-order valence-corrected chi connectivity index (χ1v) is 11.1. The van der Waals surface area contributed by atoms with Crippen LogP contribution in [0.4, 0.5) is 0 Å². The Balaban J connectivity index is 0.00000210. The normalized spacial score (nSPS) is 21.6. The zero-order valence-corrected chi connectivity index (χ0v) is 17.2. The number of fused-ring (bicyclic) bond motifs is 1. The van der Waals surface area contributed by atoms with Crippen molar-refractivity contribution in [1.82, 2.24) is 14.5 Å². The number of nitrogens with one attached hydrogen (secondary N) is 1. The minimum atomic E-state index is -3.46. The summed E-state index contributed by atoms with van der Waals surface area (Å²) >= 11 is 0. The number of sulfonamides is 1. The van der Waals surface area contributed by atoms with Gasteiger partial charge in [0.15, 0.2) is 0 Å². The molecule has 1 aromatic rings. The molecule has 0 radical (unpaired) electrons. The van der Waals surface area contributed by atoms with Gasteiger partial charge in [-0.2, -0.15) is 4.31 Å². The maximum Gasteiger partial charge on any atom is 0.243 e. The molecular formula is C19H28ClN3O3S. The van der Waals surface area contributed by atoms with Gasteiger partial charge in [0, 0.05) is 45.2 Å². The fourth-order valence-corrected chi connectivity index (χ4v) is 5.87. The second-order valence-electron chi connectivity index (χ2n) is 7.54. The summed E-state index contributed by atoms with van der Waals surface area (Å²) in [6, 6.07) is 5.57. The maximum absolute atomic E-state index is 13.0. The topological polar surface area (TPSA) is 69.7 Å². The number of halogens is 1. The highest BCUT2D eigenvalue weighted by atomic mass is 35.5. The van der Waals surface area contributed by atoms with Gasteiger partial charge in [0.1, 0.15) is 0 Å². The van der Waals surface area contributed by atoms with Gasteiger partial charge in [0.25, 0.3) is 0 Å². The van der Waals surface area contributed by atoms with Crippen molar-refractivity contribution in [2.75, 3.05) is 39.3 Å². The third-order valence-electron chi connectivity index (χ3n) is 5.94. The average Bonchev–Trinajstić information content (AvgIpc) is 3.16. The van der Waals surface area contributed by atoms with Crippen LogP contribution in [-0.2, 0) is 27.7 Å². The van der Waals surface area contributed by atoms with E-state index >= 15 is 0 Å². The molecule has 2 saturated heterocycles. The standard InChI is InChI=1S/C19H27N3O3S.ClH/c23-19(21-12-8-20-9-13-21)16-6-10-22(11-7-16)26(24,25)18-5-4-15-2-1-3-17(15)14-18;/h4-5,14,16,20H,1-3,6-13H2;1H. The van der Waals surface area contributed by atoms with Gasteiger partial charge in [-0.3, -0.25) is 4.79 Å². The van der Waals surface area contributed by atoms with E-state index in [9.17, 15) is 13.2 Å². The Morgan fingerprint density at radius 2 is 1.67 bits per heavy atom. The Labute approximate surface area is 167 Å². The highest BCUT2D eigenvalue weighted by Gasteiger charge is 2.34. The van der Waals surface area contributed by atoms with Crippen LogP contribution in [0.25, 0.3) is 0 Å². The molecule has 4 rings (SSSR count). The van der Waals surface area contributed by atoms with Crippen molar-refractivity contribution in [1.29, 1.82) is 0 Å². The van der Waals surface area contributed by atoms with Gasteiger partial charge < -0.3 is 10.2 Å².